The van der Waals surface area contributed by atoms with E-state index in [0.29, 0.717) is 0 Å². The summed E-state index contributed by atoms with van der Waals surface area (Å²) in [5.41, 5.74) is 2.91. The van der Waals surface area contributed by atoms with Gasteiger partial charge in [0, 0.05) is 10.9 Å². The van der Waals surface area contributed by atoms with Crippen LogP contribution in [0.4, 0.5) is 4.79 Å². The number of hydrogen-bond acceptors (Lipinski definition) is 4. The molecule has 3 heterocycles. The van der Waals surface area contributed by atoms with Gasteiger partial charge in [-0.25, -0.2) is 4.79 Å². The topological polar surface area (TPSA) is 59.9 Å². The fraction of sp³-hybridized carbons (Fsp3) is 0.222. The number of H-pyrrole nitrogens is 1. The summed E-state index contributed by atoms with van der Waals surface area (Å²) in [5.74, 6) is 0. The number of fused-ring (bicyclic) bond motifs is 2. The van der Waals surface area contributed by atoms with E-state index in [1.54, 1.807) is 11.3 Å². The molecule has 24 heavy (non-hydrogen) atoms. The standard InChI is InChI=1S/C18H17N3O2S/c1-18(2,3)23-17(22)21-14-8-9-24-16(14)15(20-21)13-10-11-6-4-5-7-12(11)19-13/h4-10,19H,1-3H3. The van der Waals surface area contributed by atoms with E-state index in [9.17, 15) is 4.79 Å². The van der Waals surface area contributed by atoms with Crippen LogP contribution in [0.5, 0.6) is 0 Å². The van der Waals surface area contributed by atoms with Crippen molar-refractivity contribution in [1.82, 2.24) is 14.8 Å². The summed E-state index contributed by atoms with van der Waals surface area (Å²) in [5, 5.41) is 7.59. The van der Waals surface area contributed by atoms with Crippen molar-refractivity contribution < 1.29 is 9.53 Å². The summed E-state index contributed by atoms with van der Waals surface area (Å²) in [6, 6.07) is 12.0. The molecule has 0 aliphatic rings. The Morgan fingerprint density at radius 1 is 1.25 bits per heavy atom. The summed E-state index contributed by atoms with van der Waals surface area (Å²) >= 11 is 1.56. The van der Waals surface area contributed by atoms with Crippen molar-refractivity contribution in [3.8, 4) is 11.4 Å². The molecular formula is C18H17N3O2S. The molecule has 0 aliphatic heterocycles. The van der Waals surface area contributed by atoms with Gasteiger partial charge in [-0.15, -0.1) is 11.3 Å². The molecule has 3 aromatic heterocycles. The molecule has 0 aliphatic carbocycles. The van der Waals surface area contributed by atoms with Gasteiger partial charge in [0.2, 0.25) is 0 Å². The van der Waals surface area contributed by atoms with Gasteiger partial charge in [0.05, 0.1) is 15.9 Å². The molecule has 0 fully saturated rings. The first-order valence-corrected chi connectivity index (χ1v) is 8.58. The van der Waals surface area contributed by atoms with Crippen LogP contribution in [0.15, 0.2) is 41.8 Å². The third kappa shape index (κ3) is 2.49. The number of thiophene rings is 1. The van der Waals surface area contributed by atoms with Crippen LogP contribution < -0.4 is 0 Å². The molecule has 0 bridgehead atoms. The van der Waals surface area contributed by atoms with Gasteiger partial charge in [0.15, 0.2) is 0 Å². The fourth-order valence-corrected chi connectivity index (χ4v) is 3.54. The maximum absolute atomic E-state index is 12.5. The Balaban J connectivity index is 1.85. The molecule has 0 atom stereocenters. The molecule has 0 radical (unpaired) electrons. The summed E-state index contributed by atoms with van der Waals surface area (Å²) in [6.07, 6.45) is -0.465. The minimum Gasteiger partial charge on any atom is -0.442 e. The summed E-state index contributed by atoms with van der Waals surface area (Å²) < 4.78 is 7.78. The van der Waals surface area contributed by atoms with E-state index in [4.69, 9.17) is 4.74 Å². The number of aromatic nitrogens is 3. The van der Waals surface area contributed by atoms with Crippen LogP contribution in [0.3, 0.4) is 0 Å². The largest absolute Gasteiger partial charge is 0.442 e. The lowest BCUT2D eigenvalue weighted by atomic mass is 10.2. The van der Waals surface area contributed by atoms with Crippen LogP contribution in [0.25, 0.3) is 32.5 Å². The van der Waals surface area contributed by atoms with Crippen LogP contribution in [-0.4, -0.2) is 26.5 Å². The van der Waals surface area contributed by atoms with Crippen LogP contribution in [0, 0.1) is 0 Å². The Bertz CT molecular complexity index is 1020. The number of para-hydroxylation sites is 1. The minimum absolute atomic E-state index is 0.465. The summed E-state index contributed by atoms with van der Waals surface area (Å²) in [7, 11) is 0. The van der Waals surface area contributed by atoms with Gasteiger partial charge < -0.3 is 9.72 Å². The average molecular weight is 339 g/mol. The maximum Gasteiger partial charge on any atom is 0.435 e. The lowest BCUT2D eigenvalue weighted by molar-refractivity contribution is 0.0523. The molecule has 0 saturated carbocycles. The SMILES string of the molecule is CC(C)(C)OC(=O)n1nc(-c2cc3ccccc3[nH]2)c2sccc21. The van der Waals surface area contributed by atoms with E-state index in [-0.39, 0.29) is 0 Å². The first-order valence-electron chi connectivity index (χ1n) is 7.70. The van der Waals surface area contributed by atoms with Crippen molar-refractivity contribution >= 4 is 38.5 Å². The summed E-state index contributed by atoms with van der Waals surface area (Å²) in [4.78, 5) is 15.8. The molecule has 4 rings (SSSR count). The number of carbonyl (C=O) groups is 1. The highest BCUT2D eigenvalue weighted by atomic mass is 32.1. The van der Waals surface area contributed by atoms with E-state index in [2.05, 4.69) is 16.1 Å². The Morgan fingerprint density at radius 3 is 2.79 bits per heavy atom. The lowest BCUT2D eigenvalue weighted by Crippen LogP contribution is -2.27. The van der Waals surface area contributed by atoms with Gasteiger partial charge >= 0.3 is 6.09 Å². The molecular weight excluding hydrogens is 322 g/mol. The molecule has 0 spiro atoms. The van der Waals surface area contributed by atoms with E-state index in [1.165, 1.54) is 4.68 Å². The van der Waals surface area contributed by atoms with E-state index >= 15 is 0 Å². The highest BCUT2D eigenvalue weighted by molar-refractivity contribution is 7.17. The first kappa shape index (κ1) is 15.0. The van der Waals surface area contributed by atoms with Crippen LogP contribution in [-0.2, 0) is 4.74 Å². The molecule has 1 N–H and O–H groups in total. The number of carbonyl (C=O) groups excluding carboxylic acids is 1. The molecule has 0 saturated heterocycles. The number of aromatic amines is 1. The maximum atomic E-state index is 12.5. The second-order valence-electron chi connectivity index (χ2n) is 6.65. The Labute approximate surface area is 142 Å². The Morgan fingerprint density at radius 2 is 2.04 bits per heavy atom. The molecule has 0 amide bonds. The Kier molecular flexibility index (Phi) is 3.25. The second-order valence-corrected chi connectivity index (χ2v) is 7.56. The summed E-state index contributed by atoms with van der Waals surface area (Å²) in [6.45, 7) is 5.54. The molecule has 5 nitrogen and oxygen atoms in total. The molecule has 1 aromatic carbocycles. The van der Waals surface area contributed by atoms with Crippen LogP contribution in [0.2, 0.25) is 0 Å². The zero-order valence-electron chi connectivity index (χ0n) is 13.7. The van der Waals surface area contributed by atoms with Gasteiger partial charge in [-0.2, -0.15) is 9.78 Å². The number of ether oxygens (including phenoxy) is 1. The normalized spacial score (nSPS) is 12.1. The minimum atomic E-state index is -0.563. The zero-order chi connectivity index (χ0) is 16.9. The first-order chi connectivity index (χ1) is 11.4. The van der Waals surface area contributed by atoms with Crippen molar-refractivity contribution in [1.29, 1.82) is 0 Å². The number of hydrogen-bond donors (Lipinski definition) is 1. The quantitative estimate of drug-likeness (QED) is 0.529. The van der Waals surface area contributed by atoms with Gasteiger partial charge in [-0.3, -0.25) is 0 Å². The number of nitrogens with one attached hydrogen (secondary N) is 1. The fourth-order valence-electron chi connectivity index (χ4n) is 2.67. The van der Waals surface area contributed by atoms with E-state index < -0.39 is 11.7 Å². The average Bonchev–Trinajstić information content (AvgIpc) is 3.18. The third-order valence-corrected chi connectivity index (χ3v) is 4.55. The molecule has 122 valence electrons. The van der Waals surface area contributed by atoms with Crippen molar-refractivity contribution in [3.05, 3.63) is 41.8 Å². The highest BCUT2D eigenvalue weighted by Gasteiger charge is 2.23. The lowest BCUT2D eigenvalue weighted by Gasteiger charge is -2.18. The van der Waals surface area contributed by atoms with Gasteiger partial charge in [0.1, 0.15) is 11.3 Å². The highest BCUT2D eigenvalue weighted by Crippen LogP contribution is 2.33. The van der Waals surface area contributed by atoms with E-state index in [1.807, 2.05) is 56.5 Å². The Hall–Kier alpha value is -2.60. The van der Waals surface area contributed by atoms with Crippen molar-refractivity contribution in [2.75, 3.05) is 0 Å². The predicted molar refractivity (Wildman–Crippen MR) is 96.5 cm³/mol. The second kappa shape index (κ2) is 5.21. The van der Waals surface area contributed by atoms with E-state index in [0.717, 1.165) is 32.5 Å². The van der Waals surface area contributed by atoms with Gasteiger partial charge in [-0.05, 0) is 44.4 Å². The third-order valence-electron chi connectivity index (χ3n) is 3.64. The smallest absolute Gasteiger partial charge is 0.435 e. The monoisotopic (exact) mass is 339 g/mol. The number of benzene rings is 1. The van der Waals surface area contributed by atoms with Gasteiger partial charge in [0.25, 0.3) is 0 Å². The molecule has 6 heteroatoms. The van der Waals surface area contributed by atoms with Crippen LogP contribution in [0.1, 0.15) is 20.8 Å². The number of rotatable bonds is 1. The molecule has 0 unspecified atom stereocenters. The van der Waals surface area contributed by atoms with Crippen LogP contribution >= 0.6 is 11.3 Å². The van der Waals surface area contributed by atoms with Crippen molar-refractivity contribution in [2.45, 2.75) is 26.4 Å². The number of nitrogens with zero attached hydrogens (tertiary/aromatic N) is 2. The zero-order valence-corrected chi connectivity index (χ0v) is 14.5. The van der Waals surface area contributed by atoms with Gasteiger partial charge in [-0.1, -0.05) is 18.2 Å². The molecule has 4 aromatic rings. The van der Waals surface area contributed by atoms with Crippen molar-refractivity contribution in [3.63, 3.8) is 0 Å². The predicted octanol–water partition coefficient (Wildman–Crippen LogP) is 5.03. The van der Waals surface area contributed by atoms with Crippen molar-refractivity contribution in [2.24, 2.45) is 0 Å².